The minimum absolute atomic E-state index is 0.423. The van der Waals surface area contributed by atoms with E-state index in [1.165, 1.54) is 28.4 Å². The van der Waals surface area contributed by atoms with Gasteiger partial charge in [-0.1, -0.05) is 13.8 Å². The van der Waals surface area contributed by atoms with Crippen LogP contribution in [0.15, 0.2) is 0 Å². The van der Waals surface area contributed by atoms with E-state index in [2.05, 4.69) is 33.0 Å². The van der Waals surface area contributed by atoms with Crippen LogP contribution in [0.1, 0.15) is 48.7 Å². The molecule has 1 aromatic rings. The SMILES string of the molecule is CCCNC(Cc1nc(C)c(C)s1)C1CCOC1CC. The zero-order valence-corrected chi connectivity index (χ0v) is 14.1. The first kappa shape index (κ1) is 15.9. The lowest BCUT2D eigenvalue weighted by atomic mass is 9.89. The summed E-state index contributed by atoms with van der Waals surface area (Å²) in [7, 11) is 0. The molecule has 1 aromatic heterocycles. The second-order valence-electron chi connectivity index (χ2n) is 5.78. The molecule has 20 heavy (non-hydrogen) atoms. The van der Waals surface area contributed by atoms with E-state index in [1.54, 1.807) is 0 Å². The van der Waals surface area contributed by atoms with Crippen LogP contribution < -0.4 is 5.32 Å². The first-order chi connectivity index (χ1) is 9.65. The maximum absolute atomic E-state index is 5.89. The van der Waals surface area contributed by atoms with E-state index in [4.69, 9.17) is 9.72 Å². The highest BCUT2D eigenvalue weighted by atomic mass is 32.1. The van der Waals surface area contributed by atoms with Crippen molar-refractivity contribution >= 4 is 11.3 Å². The molecule has 0 bridgehead atoms. The van der Waals surface area contributed by atoms with Crippen molar-refractivity contribution in [2.24, 2.45) is 5.92 Å². The molecule has 1 aliphatic heterocycles. The number of nitrogens with zero attached hydrogens (tertiary/aromatic N) is 1. The highest BCUT2D eigenvalue weighted by Gasteiger charge is 2.33. The van der Waals surface area contributed by atoms with Gasteiger partial charge in [-0.25, -0.2) is 4.98 Å². The summed E-state index contributed by atoms with van der Waals surface area (Å²) in [6.45, 7) is 10.7. The van der Waals surface area contributed by atoms with Crippen LogP contribution in [-0.2, 0) is 11.2 Å². The molecule has 1 aliphatic rings. The molecular formula is C16H28N2OS. The molecule has 0 radical (unpaired) electrons. The summed E-state index contributed by atoms with van der Waals surface area (Å²) in [6.07, 6.45) is 4.95. The molecule has 3 atom stereocenters. The molecule has 0 spiro atoms. The Labute approximate surface area is 127 Å². The quantitative estimate of drug-likeness (QED) is 0.836. The summed E-state index contributed by atoms with van der Waals surface area (Å²) in [4.78, 5) is 6.07. The van der Waals surface area contributed by atoms with Gasteiger partial charge < -0.3 is 10.1 Å². The minimum atomic E-state index is 0.423. The molecule has 0 saturated carbocycles. The standard InChI is InChI=1S/C16H28N2OS/c1-5-8-17-14(13-7-9-19-15(13)6-2)10-16-18-11(3)12(4)20-16/h13-15,17H,5-10H2,1-4H3. The topological polar surface area (TPSA) is 34.2 Å². The van der Waals surface area contributed by atoms with Gasteiger partial charge in [0, 0.05) is 29.9 Å². The third-order valence-electron chi connectivity index (χ3n) is 4.30. The van der Waals surface area contributed by atoms with Gasteiger partial charge in [0.25, 0.3) is 0 Å². The average Bonchev–Trinajstić information content (AvgIpc) is 3.02. The smallest absolute Gasteiger partial charge is 0.0946 e. The molecule has 0 amide bonds. The van der Waals surface area contributed by atoms with Gasteiger partial charge >= 0.3 is 0 Å². The largest absolute Gasteiger partial charge is 0.378 e. The lowest BCUT2D eigenvalue weighted by Crippen LogP contribution is -2.41. The van der Waals surface area contributed by atoms with Crippen LogP contribution in [-0.4, -0.2) is 30.3 Å². The van der Waals surface area contributed by atoms with Crippen molar-refractivity contribution in [3.05, 3.63) is 15.6 Å². The van der Waals surface area contributed by atoms with Crippen LogP contribution >= 0.6 is 11.3 Å². The van der Waals surface area contributed by atoms with E-state index in [0.717, 1.165) is 26.0 Å². The Hall–Kier alpha value is -0.450. The number of rotatable bonds is 7. The second-order valence-corrected chi connectivity index (χ2v) is 7.07. The van der Waals surface area contributed by atoms with E-state index in [9.17, 15) is 0 Å². The van der Waals surface area contributed by atoms with Gasteiger partial charge in [-0.2, -0.15) is 0 Å². The first-order valence-corrected chi connectivity index (χ1v) is 8.75. The Bertz CT molecular complexity index is 399. The third-order valence-corrected chi connectivity index (χ3v) is 5.40. The van der Waals surface area contributed by atoms with Crippen LogP contribution in [0.5, 0.6) is 0 Å². The van der Waals surface area contributed by atoms with Gasteiger partial charge in [-0.15, -0.1) is 11.3 Å². The Balaban J connectivity index is 2.06. The fraction of sp³-hybridized carbons (Fsp3) is 0.812. The summed E-state index contributed by atoms with van der Waals surface area (Å²) in [5.41, 5.74) is 1.19. The lowest BCUT2D eigenvalue weighted by molar-refractivity contribution is 0.0774. The predicted octanol–water partition coefficient (Wildman–Crippen LogP) is 3.49. The summed E-state index contributed by atoms with van der Waals surface area (Å²) < 4.78 is 5.89. The van der Waals surface area contributed by atoms with Crippen LogP contribution in [0.25, 0.3) is 0 Å². The highest BCUT2D eigenvalue weighted by molar-refractivity contribution is 7.11. The number of hydrogen-bond donors (Lipinski definition) is 1. The van der Waals surface area contributed by atoms with Crippen molar-refractivity contribution < 1.29 is 4.74 Å². The van der Waals surface area contributed by atoms with E-state index in [1.807, 2.05) is 11.3 Å². The molecule has 2 rings (SSSR count). The van der Waals surface area contributed by atoms with Crippen molar-refractivity contribution in [1.82, 2.24) is 10.3 Å². The number of hydrogen-bond acceptors (Lipinski definition) is 4. The Morgan fingerprint density at radius 1 is 1.40 bits per heavy atom. The van der Waals surface area contributed by atoms with Gasteiger partial charge in [0.2, 0.25) is 0 Å². The van der Waals surface area contributed by atoms with Gasteiger partial charge in [0.1, 0.15) is 0 Å². The fourth-order valence-corrected chi connectivity index (χ4v) is 4.06. The van der Waals surface area contributed by atoms with E-state index in [-0.39, 0.29) is 0 Å². The summed E-state index contributed by atoms with van der Waals surface area (Å²) in [6, 6.07) is 0.507. The Kier molecular flexibility index (Phi) is 6.00. The molecule has 3 nitrogen and oxygen atoms in total. The van der Waals surface area contributed by atoms with Gasteiger partial charge in [-0.3, -0.25) is 0 Å². The van der Waals surface area contributed by atoms with Gasteiger partial charge in [-0.05, 0) is 39.7 Å². The van der Waals surface area contributed by atoms with Crippen LogP contribution in [0.4, 0.5) is 0 Å². The number of aromatic nitrogens is 1. The highest BCUT2D eigenvalue weighted by Crippen LogP contribution is 2.29. The lowest BCUT2D eigenvalue weighted by Gasteiger charge is -2.27. The molecule has 3 unspecified atom stereocenters. The summed E-state index contributed by atoms with van der Waals surface area (Å²) in [5, 5.41) is 5.01. The Morgan fingerprint density at radius 2 is 2.20 bits per heavy atom. The molecule has 1 saturated heterocycles. The summed E-state index contributed by atoms with van der Waals surface area (Å²) >= 11 is 1.85. The van der Waals surface area contributed by atoms with Crippen LogP contribution in [0.2, 0.25) is 0 Å². The molecule has 1 fully saturated rings. The molecule has 4 heteroatoms. The van der Waals surface area contributed by atoms with E-state index in [0.29, 0.717) is 18.1 Å². The predicted molar refractivity (Wildman–Crippen MR) is 85.5 cm³/mol. The molecule has 2 heterocycles. The van der Waals surface area contributed by atoms with Crippen molar-refractivity contribution in [1.29, 1.82) is 0 Å². The summed E-state index contributed by atoms with van der Waals surface area (Å²) in [5.74, 6) is 0.635. The number of nitrogens with one attached hydrogen (secondary N) is 1. The van der Waals surface area contributed by atoms with Crippen molar-refractivity contribution in [2.45, 2.75) is 65.5 Å². The van der Waals surface area contributed by atoms with Gasteiger partial charge in [0.05, 0.1) is 16.8 Å². The third kappa shape index (κ3) is 3.80. The van der Waals surface area contributed by atoms with Crippen molar-refractivity contribution in [3.63, 3.8) is 0 Å². The normalized spacial score (nSPS) is 24.2. The van der Waals surface area contributed by atoms with Crippen molar-refractivity contribution in [2.75, 3.05) is 13.2 Å². The molecule has 0 aliphatic carbocycles. The van der Waals surface area contributed by atoms with Crippen molar-refractivity contribution in [3.8, 4) is 0 Å². The molecule has 1 N–H and O–H groups in total. The minimum Gasteiger partial charge on any atom is -0.378 e. The maximum atomic E-state index is 5.89. The molecule has 0 aromatic carbocycles. The van der Waals surface area contributed by atoms with Crippen LogP contribution in [0.3, 0.4) is 0 Å². The zero-order valence-electron chi connectivity index (χ0n) is 13.2. The number of ether oxygens (including phenoxy) is 1. The van der Waals surface area contributed by atoms with Crippen LogP contribution in [0, 0.1) is 19.8 Å². The van der Waals surface area contributed by atoms with E-state index < -0.39 is 0 Å². The maximum Gasteiger partial charge on any atom is 0.0946 e. The zero-order chi connectivity index (χ0) is 14.5. The number of aryl methyl sites for hydroxylation is 2. The Morgan fingerprint density at radius 3 is 2.80 bits per heavy atom. The first-order valence-electron chi connectivity index (χ1n) is 7.93. The molecule has 114 valence electrons. The van der Waals surface area contributed by atoms with E-state index >= 15 is 0 Å². The monoisotopic (exact) mass is 296 g/mol. The number of thiazole rings is 1. The fourth-order valence-electron chi connectivity index (χ4n) is 3.07. The second kappa shape index (κ2) is 7.53. The molecular weight excluding hydrogens is 268 g/mol. The van der Waals surface area contributed by atoms with Gasteiger partial charge in [0.15, 0.2) is 0 Å². The average molecular weight is 296 g/mol.